The Bertz CT molecular complexity index is 1350. The first-order valence-corrected chi connectivity index (χ1v) is 14.9. The molecule has 1 saturated carbocycles. The maximum atomic E-state index is 14.4. The van der Waals surface area contributed by atoms with Gasteiger partial charge in [0.15, 0.2) is 5.78 Å². The van der Waals surface area contributed by atoms with Gasteiger partial charge >= 0.3 is 0 Å². The average Bonchev–Trinajstić information content (AvgIpc) is 3.16. The number of fused-ring (bicyclic) bond motifs is 1. The number of carbonyl (C=O) groups is 2. The van der Waals surface area contributed by atoms with Crippen molar-refractivity contribution in [3.8, 4) is 0 Å². The van der Waals surface area contributed by atoms with Crippen LogP contribution < -0.4 is 15.8 Å². The molecule has 0 saturated heterocycles. The van der Waals surface area contributed by atoms with Gasteiger partial charge in [0.25, 0.3) is 5.91 Å². The van der Waals surface area contributed by atoms with E-state index in [9.17, 15) is 14.0 Å². The summed E-state index contributed by atoms with van der Waals surface area (Å²) in [5.74, 6) is 0.0834. The molecule has 4 nitrogen and oxygen atoms in total. The lowest BCUT2D eigenvalue weighted by molar-refractivity contribution is 0.0900. The topological polar surface area (TPSA) is 55.4 Å². The van der Waals surface area contributed by atoms with Crippen LogP contribution in [0.4, 0.5) is 4.39 Å². The van der Waals surface area contributed by atoms with E-state index >= 15 is 0 Å². The third kappa shape index (κ3) is 7.34. The minimum absolute atomic E-state index is 0.0611. The van der Waals surface area contributed by atoms with Gasteiger partial charge in [-0.1, -0.05) is 53.6 Å². The molecule has 0 aliphatic heterocycles. The molecule has 0 radical (unpaired) electrons. The van der Waals surface area contributed by atoms with Crippen molar-refractivity contribution >= 4 is 39.8 Å². The molecule has 6 heteroatoms. The minimum atomic E-state index is -0.445. The number of ketones is 1. The summed E-state index contributed by atoms with van der Waals surface area (Å²) >= 11 is 3.27. The summed E-state index contributed by atoms with van der Waals surface area (Å²) in [6.07, 6.45) is 11.2. The molecule has 2 aliphatic rings. The zero-order chi connectivity index (χ0) is 27.9. The van der Waals surface area contributed by atoms with Crippen LogP contribution in [0.1, 0.15) is 78.1 Å². The lowest BCUT2D eigenvalue weighted by atomic mass is 9.83. The fourth-order valence-corrected chi connectivity index (χ4v) is 6.29. The molecule has 3 unspecified atom stereocenters. The zero-order valence-electron chi connectivity index (χ0n) is 23.0. The van der Waals surface area contributed by atoms with E-state index in [1.165, 1.54) is 6.07 Å². The molecule has 1 N–H and O–H groups in total. The molecule has 2 aliphatic carbocycles. The van der Waals surface area contributed by atoms with Crippen LogP contribution in [0.15, 0.2) is 47.0 Å². The number of nitrogens with one attached hydrogen (secondary N) is 1. The van der Waals surface area contributed by atoms with Crippen molar-refractivity contribution in [1.29, 1.82) is 0 Å². The van der Waals surface area contributed by atoms with Gasteiger partial charge in [-0.15, -0.1) is 0 Å². The van der Waals surface area contributed by atoms with Gasteiger partial charge in [0, 0.05) is 35.0 Å². The number of ether oxygens (including phenoxy) is 1. The van der Waals surface area contributed by atoms with E-state index in [2.05, 4.69) is 40.0 Å². The molecule has 1 amide bonds. The van der Waals surface area contributed by atoms with Gasteiger partial charge in [-0.2, -0.15) is 0 Å². The Labute approximate surface area is 239 Å². The smallest absolute Gasteiger partial charge is 0.251 e. The SMILES string of the molecule is C=C1C=c2ccc(C(=O)NCCOCC)c(C)c2=CC1CCC1CCCC(C(=O)c2ccc(Br)cc2F)CC1. The number of hydrogen-bond acceptors (Lipinski definition) is 3. The predicted molar refractivity (Wildman–Crippen MR) is 159 cm³/mol. The second-order valence-corrected chi connectivity index (χ2v) is 11.7. The summed E-state index contributed by atoms with van der Waals surface area (Å²) in [6.45, 7) is 9.93. The summed E-state index contributed by atoms with van der Waals surface area (Å²) in [5.41, 5.74) is 3.00. The first kappa shape index (κ1) is 29.4. The molecule has 3 atom stereocenters. The minimum Gasteiger partial charge on any atom is -0.380 e. The lowest BCUT2D eigenvalue weighted by Gasteiger charge is -2.21. The third-order valence-corrected chi connectivity index (χ3v) is 8.75. The number of benzene rings is 2. The van der Waals surface area contributed by atoms with E-state index in [-0.39, 0.29) is 29.1 Å². The van der Waals surface area contributed by atoms with E-state index in [1.54, 1.807) is 12.1 Å². The lowest BCUT2D eigenvalue weighted by Crippen LogP contribution is -2.36. The van der Waals surface area contributed by atoms with Gasteiger partial charge in [0.1, 0.15) is 5.82 Å². The van der Waals surface area contributed by atoms with Crippen molar-refractivity contribution in [1.82, 2.24) is 5.32 Å². The van der Waals surface area contributed by atoms with Crippen LogP contribution in [0.5, 0.6) is 0 Å². The van der Waals surface area contributed by atoms with Gasteiger partial charge in [-0.3, -0.25) is 9.59 Å². The summed E-state index contributed by atoms with van der Waals surface area (Å²) < 4.78 is 20.4. The van der Waals surface area contributed by atoms with Crippen molar-refractivity contribution in [3.63, 3.8) is 0 Å². The number of hydrogen-bond donors (Lipinski definition) is 1. The van der Waals surface area contributed by atoms with Crippen LogP contribution in [0, 0.1) is 30.5 Å². The van der Waals surface area contributed by atoms with Crippen molar-refractivity contribution in [2.24, 2.45) is 17.8 Å². The van der Waals surface area contributed by atoms with Crippen molar-refractivity contribution in [2.75, 3.05) is 19.8 Å². The van der Waals surface area contributed by atoms with Gasteiger partial charge in [0.2, 0.25) is 0 Å². The van der Waals surface area contributed by atoms with Crippen molar-refractivity contribution in [2.45, 2.75) is 58.8 Å². The highest BCUT2D eigenvalue weighted by Gasteiger charge is 2.27. The largest absolute Gasteiger partial charge is 0.380 e. The highest BCUT2D eigenvalue weighted by Crippen LogP contribution is 2.34. The highest BCUT2D eigenvalue weighted by atomic mass is 79.9. The molecule has 0 heterocycles. The van der Waals surface area contributed by atoms with Crippen LogP contribution in [0.25, 0.3) is 12.2 Å². The predicted octanol–water partition coefficient (Wildman–Crippen LogP) is 6.27. The molecule has 2 aromatic rings. The van der Waals surface area contributed by atoms with Crippen LogP contribution in [-0.2, 0) is 4.74 Å². The summed E-state index contributed by atoms with van der Waals surface area (Å²) in [7, 11) is 0. The maximum Gasteiger partial charge on any atom is 0.251 e. The quantitative estimate of drug-likeness (QED) is 0.200. The Morgan fingerprint density at radius 1 is 1.10 bits per heavy atom. The number of Topliss-reactive ketones (excluding diaryl/α,β-unsaturated/α-hetero) is 1. The molecule has 2 aromatic carbocycles. The number of halogens is 2. The highest BCUT2D eigenvalue weighted by molar-refractivity contribution is 9.10. The second-order valence-electron chi connectivity index (χ2n) is 10.8. The first-order chi connectivity index (χ1) is 18.8. The average molecular weight is 597 g/mol. The molecule has 208 valence electrons. The van der Waals surface area contributed by atoms with E-state index < -0.39 is 5.82 Å². The zero-order valence-corrected chi connectivity index (χ0v) is 24.6. The normalized spacial score (nSPS) is 20.8. The fourth-order valence-electron chi connectivity index (χ4n) is 5.96. The summed E-state index contributed by atoms with van der Waals surface area (Å²) in [4.78, 5) is 25.8. The van der Waals surface area contributed by atoms with Crippen LogP contribution >= 0.6 is 15.9 Å². The number of rotatable bonds is 10. The molecule has 0 bridgehead atoms. The monoisotopic (exact) mass is 595 g/mol. The van der Waals surface area contributed by atoms with Gasteiger partial charge < -0.3 is 10.1 Å². The molecule has 4 rings (SSSR count). The Balaban J connectivity index is 1.38. The van der Waals surface area contributed by atoms with Crippen LogP contribution in [0.3, 0.4) is 0 Å². The number of allylic oxidation sites excluding steroid dienone is 1. The van der Waals surface area contributed by atoms with Crippen LogP contribution in [-0.4, -0.2) is 31.4 Å². The van der Waals surface area contributed by atoms with E-state index in [4.69, 9.17) is 4.74 Å². The Hall–Kier alpha value is -2.57. The summed E-state index contributed by atoms with van der Waals surface area (Å²) in [5, 5.41) is 5.18. The Morgan fingerprint density at radius 2 is 1.90 bits per heavy atom. The standard InChI is InChI=1S/C33H39BrFNO3/c1-4-39-17-16-36-33(38)28-14-12-26-18-21(2)25(19-30(26)22(28)3)11-9-23-6-5-7-24(10-8-23)32(37)29-15-13-27(34)20-31(29)35/h12-15,18-20,23-25H,2,4-11,16-17H2,1,3H3,(H,36,38). The molecule has 0 aromatic heterocycles. The van der Waals surface area contributed by atoms with E-state index in [0.717, 1.165) is 66.5 Å². The molecule has 0 spiro atoms. The summed E-state index contributed by atoms with van der Waals surface area (Å²) in [6, 6.07) is 8.61. The fraction of sp³-hybridized carbons (Fsp3) is 0.455. The third-order valence-electron chi connectivity index (χ3n) is 8.26. The number of carbonyl (C=O) groups excluding carboxylic acids is 2. The van der Waals surface area contributed by atoms with E-state index in [0.29, 0.717) is 35.7 Å². The second kappa shape index (κ2) is 13.7. The van der Waals surface area contributed by atoms with E-state index in [1.807, 2.05) is 26.0 Å². The molecule has 39 heavy (non-hydrogen) atoms. The Morgan fingerprint density at radius 3 is 2.67 bits per heavy atom. The van der Waals surface area contributed by atoms with Crippen molar-refractivity contribution in [3.05, 3.63) is 79.9 Å². The van der Waals surface area contributed by atoms with Gasteiger partial charge in [0.05, 0.1) is 12.2 Å². The Kier molecular flexibility index (Phi) is 10.3. The van der Waals surface area contributed by atoms with Gasteiger partial charge in [-0.05, 0) is 97.7 Å². The van der Waals surface area contributed by atoms with Gasteiger partial charge in [-0.25, -0.2) is 4.39 Å². The molecular formula is C33H39BrFNO3. The van der Waals surface area contributed by atoms with Crippen molar-refractivity contribution < 1.29 is 18.7 Å². The van der Waals surface area contributed by atoms with Crippen LogP contribution in [0.2, 0.25) is 0 Å². The maximum absolute atomic E-state index is 14.4. The molecular weight excluding hydrogens is 557 g/mol. The first-order valence-electron chi connectivity index (χ1n) is 14.2. The number of amides is 1. The molecule has 1 fully saturated rings.